The molecule has 0 aliphatic carbocycles. The Kier molecular flexibility index (Phi) is 6.62. The zero-order chi connectivity index (χ0) is 17.6. The van der Waals surface area contributed by atoms with Crippen LogP contribution < -0.4 is 10.0 Å². The second-order valence-corrected chi connectivity index (χ2v) is 8.12. The summed E-state index contributed by atoms with van der Waals surface area (Å²) in [6.45, 7) is 3.70. The Morgan fingerprint density at radius 1 is 1.29 bits per heavy atom. The van der Waals surface area contributed by atoms with Gasteiger partial charge in [0.2, 0.25) is 10.0 Å². The third-order valence-electron chi connectivity index (χ3n) is 4.50. The third kappa shape index (κ3) is 4.95. The molecule has 1 aliphatic rings. The number of nitrogens with zero attached hydrogens (tertiary/aromatic N) is 1. The number of likely N-dealkylation sites (tertiary alicyclic amines) is 1. The van der Waals surface area contributed by atoms with Crippen molar-refractivity contribution >= 4 is 21.7 Å². The van der Waals surface area contributed by atoms with Crippen LogP contribution >= 0.6 is 0 Å². The van der Waals surface area contributed by atoms with Crippen LogP contribution in [0.5, 0.6) is 0 Å². The number of hydrogen-bond donors (Lipinski definition) is 2. The standard InChI is InChI=1S/C17H27N3O3S/c1-3-6-14-7-5-11-20(12-10-14)17(21)19-15-8-4-9-16(13-15)24(22,23)18-2/h4,8-9,13-14,18H,3,5-7,10-12H2,1-2H3,(H,19,21)/t14-/m1/s1. The normalized spacial score (nSPS) is 18.9. The molecule has 1 atom stereocenters. The third-order valence-corrected chi connectivity index (χ3v) is 5.91. The Balaban J connectivity index is 2.01. The lowest BCUT2D eigenvalue weighted by Gasteiger charge is -2.21. The first-order valence-corrected chi connectivity index (χ1v) is 10.0. The molecular formula is C17H27N3O3S. The van der Waals surface area contributed by atoms with Gasteiger partial charge in [-0.05, 0) is 50.4 Å². The molecule has 1 saturated heterocycles. The van der Waals surface area contributed by atoms with Crippen molar-refractivity contribution in [1.29, 1.82) is 0 Å². The molecule has 0 spiro atoms. The lowest BCUT2D eigenvalue weighted by molar-refractivity contribution is 0.213. The quantitative estimate of drug-likeness (QED) is 0.854. The van der Waals surface area contributed by atoms with Gasteiger partial charge in [0.25, 0.3) is 0 Å². The number of urea groups is 1. The summed E-state index contributed by atoms with van der Waals surface area (Å²) < 4.78 is 26.0. The SMILES string of the molecule is CCC[C@@H]1CCCN(C(=O)Nc2cccc(S(=O)(=O)NC)c2)CC1. The van der Waals surface area contributed by atoms with Crippen LogP contribution in [0.15, 0.2) is 29.2 Å². The molecule has 0 aromatic heterocycles. The molecular weight excluding hydrogens is 326 g/mol. The fourth-order valence-corrected chi connectivity index (χ4v) is 3.90. The van der Waals surface area contributed by atoms with E-state index in [0.29, 0.717) is 11.6 Å². The monoisotopic (exact) mass is 353 g/mol. The maximum Gasteiger partial charge on any atom is 0.321 e. The van der Waals surface area contributed by atoms with Crippen LogP contribution in [0.4, 0.5) is 10.5 Å². The summed E-state index contributed by atoms with van der Waals surface area (Å²) in [4.78, 5) is 14.4. The van der Waals surface area contributed by atoms with Crippen molar-refractivity contribution in [2.45, 2.75) is 43.9 Å². The van der Waals surface area contributed by atoms with E-state index in [1.807, 2.05) is 4.90 Å². The van der Waals surface area contributed by atoms with Crippen molar-refractivity contribution in [3.63, 3.8) is 0 Å². The second kappa shape index (κ2) is 8.48. The molecule has 7 heteroatoms. The molecule has 6 nitrogen and oxygen atoms in total. The van der Waals surface area contributed by atoms with E-state index in [0.717, 1.165) is 25.9 Å². The number of carbonyl (C=O) groups excluding carboxylic acids is 1. The van der Waals surface area contributed by atoms with Crippen LogP contribution in [-0.4, -0.2) is 39.5 Å². The average molecular weight is 353 g/mol. The minimum absolute atomic E-state index is 0.140. The van der Waals surface area contributed by atoms with E-state index in [1.165, 1.54) is 38.4 Å². The van der Waals surface area contributed by atoms with Gasteiger partial charge in [-0.3, -0.25) is 0 Å². The molecule has 1 heterocycles. The van der Waals surface area contributed by atoms with Crippen molar-refractivity contribution in [3.05, 3.63) is 24.3 Å². The molecule has 1 aliphatic heterocycles. The van der Waals surface area contributed by atoms with Gasteiger partial charge < -0.3 is 10.2 Å². The first kappa shape index (κ1) is 18.7. The molecule has 0 saturated carbocycles. The molecule has 0 bridgehead atoms. The van der Waals surface area contributed by atoms with Gasteiger partial charge in [0.05, 0.1) is 4.90 Å². The summed E-state index contributed by atoms with van der Waals surface area (Å²) in [6.07, 6.45) is 5.64. The van der Waals surface area contributed by atoms with E-state index in [2.05, 4.69) is 17.0 Å². The molecule has 0 radical (unpaired) electrons. The van der Waals surface area contributed by atoms with Crippen LogP contribution in [-0.2, 0) is 10.0 Å². The Bertz CT molecular complexity index is 661. The number of anilines is 1. The molecule has 0 unspecified atom stereocenters. The smallest absolute Gasteiger partial charge is 0.321 e. The van der Waals surface area contributed by atoms with Gasteiger partial charge >= 0.3 is 6.03 Å². The van der Waals surface area contributed by atoms with Crippen molar-refractivity contribution in [1.82, 2.24) is 9.62 Å². The number of benzene rings is 1. The van der Waals surface area contributed by atoms with Gasteiger partial charge in [-0.15, -0.1) is 0 Å². The summed E-state index contributed by atoms with van der Waals surface area (Å²) in [5.74, 6) is 0.705. The minimum atomic E-state index is -3.52. The Morgan fingerprint density at radius 2 is 2.08 bits per heavy atom. The number of hydrogen-bond acceptors (Lipinski definition) is 3. The highest BCUT2D eigenvalue weighted by molar-refractivity contribution is 7.89. The molecule has 1 fully saturated rings. The number of sulfonamides is 1. The zero-order valence-electron chi connectivity index (χ0n) is 14.4. The van der Waals surface area contributed by atoms with Gasteiger partial charge in [-0.1, -0.05) is 25.8 Å². The highest BCUT2D eigenvalue weighted by atomic mass is 32.2. The number of carbonyl (C=O) groups is 1. The highest BCUT2D eigenvalue weighted by Gasteiger charge is 2.20. The molecule has 1 aromatic carbocycles. The van der Waals surface area contributed by atoms with Crippen LogP contribution in [0, 0.1) is 5.92 Å². The van der Waals surface area contributed by atoms with Gasteiger partial charge in [0.1, 0.15) is 0 Å². The minimum Gasteiger partial charge on any atom is -0.325 e. The second-order valence-electron chi connectivity index (χ2n) is 6.24. The summed E-state index contributed by atoms with van der Waals surface area (Å²) in [6, 6.07) is 6.14. The molecule has 2 rings (SSSR count). The predicted octanol–water partition coefficient (Wildman–Crippen LogP) is 3.03. The summed E-state index contributed by atoms with van der Waals surface area (Å²) in [5, 5.41) is 2.82. The molecule has 2 amide bonds. The van der Waals surface area contributed by atoms with Crippen molar-refractivity contribution < 1.29 is 13.2 Å². The van der Waals surface area contributed by atoms with Crippen LogP contribution in [0.3, 0.4) is 0 Å². The van der Waals surface area contributed by atoms with Crippen molar-refractivity contribution in [3.8, 4) is 0 Å². The number of amides is 2. The van der Waals surface area contributed by atoms with E-state index in [9.17, 15) is 13.2 Å². The molecule has 24 heavy (non-hydrogen) atoms. The maximum absolute atomic E-state index is 12.5. The van der Waals surface area contributed by atoms with Gasteiger partial charge in [0.15, 0.2) is 0 Å². The van der Waals surface area contributed by atoms with Crippen LogP contribution in [0.25, 0.3) is 0 Å². The predicted molar refractivity (Wildman–Crippen MR) is 95.5 cm³/mol. The Labute approximate surface area is 144 Å². The first-order chi connectivity index (χ1) is 11.5. The van der Waals surface area contributed by atoms with Crippen molar-refractivity contribution in [2.24, 2.45) is 5.92 Å². The number of nitrogens with one attached hydrogen (secondary N) is 2. The lowest BCUT2D eigenvalue weighted by Crippen LogP contribution is -2.35. The summed E-state index contributed by atoms with van der Waals surface area (Å²) in [7, 11) is -2.15. The zero-order valence-corrected chi connectivity index (χ0v) is 15.2. The van der Waals surface area contributed by atoms with E-state index < -0.39 is 10.0 Å². The van der Waals surface area contributed by atoms with E-state index >= 15 is 0 Å². The van der Waals surface area contributed by atoms with E-state index in [-0.39, 0.29) is 10.9 Å². The Hall–Kier alpha value is -1.60. The lowest BCUT2D eigenvalue weighted by atomic mass is 9.96. The average Bonchev–Trinajstić information content (AvgIpc) is 2.81. The van der Waals surface area contributed by atoms with Crippen LogP contribution in [0.2, 0.25) is 0 Å². The fourth-order valence-electron chi connectivity index (χ4n) is 3.13. The molecule has 2 N–H and O–H groups in total. The van der Waals surface area contributed by atoms with E-state index in [1.54, 1.807) is 12.1 Å². The first-order valence-electron chi connectivity index (χ1n) is 8.55. The molecule has 134 valence electrons. The highest BCUT2D eigenvalue weighted by Crippen LogP contribution is 2.22. The molecule has 1 aromatic rings. The van der Waals surface area contributed by atoms with E-state index in [4.69, 9.17) is 0 Å². The van der Waals surface area contributed by atoms with Gasteiger partial charge in [-0.25, -0.2) is 17.9 Å². The van der Waals surface area contributed by atoms with Gasteiger partial charge in [-0.2, -0.15) is 0 Å². The largest absolute Gasteiger partial charge is 0.325 e. The summed E-state index contributed by atoms with van der Waals surface area (Å²) >= 11 is 0. The van der Waals surface area contributed by atoms with Crippen molar-refractivity contribution in [2.75, 3.05) is 25.5 Å². The van der Waals surface area contributed by atoms with Crippen LogP contribution in [0.1, 0.15) is 39.0 Å². The Morgan fingerprint density at radius 3 is 2.79 bits per heavy atom. The maximum atomic E-state index is 12.5. The fraction of sp³-hybridized carbons (Fsp3) is 0.588. The summed E-state index contributed by atoms with van der Waals surface area (Å²) in [5.41, 5.74) is 0.491. The van der Waals surface area contributed by atoms with Gasteiger partial charge in [0, 0.05) is 18.8 Å². The number of rotatable bonds is 5. The topological polar surface area (TPSA) is 78.5 Å².